The lowest BCUT2D eigenvalue weighted by atomic mass is 10.2. The van der Waals surface area contributed by atoms with Crippen molar-refractivity contribution in [2.24, 2.45) is 0 Å². The number of aromatic amines is 1. The van der Waals surface area contributed by atoms with E-state index in [1.807, 2.05) is 0 Å². The van der Waals surface area contributed by atoms with Crippen LogP contribution in [0.4, 0.5) is 24.5 Å². The number of amides is 2. The molecule has 0 atom stereocenters. The molecular formula is C24H16F3N5O2. The molecule has 0 aliphatic heterocycles. The Morgan fingerprint density at radius 2 is 1.74 bits per heavy atom. The second kappa shape index (κ2) is 8.39. The molecule has 0 aliphatic carbocycles. The molecule has 34 heavy (non-hydrogen) atoms. The van der Waals surface area contributed by atoms with Crippen molar-refractivity contribution in [1.29, 1.82) is 0 Å². The molecule has 0 spiro atoms. The number of H-pyrrole nitrogens is 1. The van der Waals surface area contributed by atoms with Crippen LogP contribution in [0.3, 0.4) is 0 Å². The van der Waals surface area contributed by atoms with Crippen molar-refractivity contribution >= 4 is 45.0 Å². The average Bonchev–Trinajstić information content (AvgIpc) is 3.38. The van der Waals surface area contributed by atoms with Gasteiger partial charge in [0.1, 0.15) is 5.82 Å². The molecule has 0 fully saturated rings. The first-order valence-electron chi connectivity index (χ1n) is 10.2. The first-order chi connectivity index (χ1) is 16.4. The summed E-state index contributed by atoms with van der Waals surface area (Å²) in [4.78, 5) is 27.5. The first kappa shape index (κ1) is 21.3. The highest BCUT2D eigenvalue weighted by Gasteiger charge is 2.18. The van der Waals surface area contributed by atoms with E-state index in [9.17, 15) is 22.8 Å². The lowest BCUT2D eigenvalue weighted by Crippen LogP contribution is -2.28. The number of carbonyl (C=O) groups is 2. The molecule has 0 bridgehead atoms. The third-order valence-corrected chi connectivity index (χ3v) is 5.30. The van der Waals surface area contributed by atoms with E-state index in [1.54, 1.807) is 41.2 Å². The normalized spacial score (nSPS) is 11.1. The van der Waals surface area contributed by atoms with E-state index in [1.165, 1.54) is 18.3 Å². The van der Waals surface area contributed by atoms with Crippen LogP contribution in [0.5, 0.6) is 0 Å². The zero-order valence-electron chi connectivity index (χ0n) is 17.4. The Kier molecular flexibility index (Phi) is 5.25. The number of halogens is 3. The number of nitrogens with one attached hydrogen (secondary N) is 3. The van der Waals surface area contributed by atoms with E-state index in [0.717, 1.165) is 23.2 Å². The predicted octanol–water partition coefficient (Wildman–Crippen LogP) is 4.56. The Morgan fingerprint density at radius 1 is 0.941 bits per heavy atom. The molecule has 0 aliphatic rings. The molecule has 0 unspecified atom stereocenters. The molecule has 5 rings (SSSR count). The van der Waals surface area contributed by atoms with Gasteiger partial charge in [-0.25, -0.2) is 13.2 Å². The van der Waals surface area contributed by atoms with Gasteiger partial charge in [0.25, 0.3) is 0 Å². The molecule has 0 radical (unpaired) electrons. The standard InChI is InChI=1S/C24H16F3N5O2/c25-15-3-1-2-13(6-15)12-32-22-5-4-16(7-14(22)10-29-32)30-23(33)24(34)31-21-11-28-20-9-19(27)18(26)8-17(20)21/h1-11,28H,12H2,(H,30,33)(H,31,34). The van der Waals surface area contributed by atoms with Gasteiger partial charge >= 0.3 is 11.8 Å². The Hall–Kier alpha value is -4.60. The minimum Gasteiger partial charge on any atom is -0.359 e. The SMILES string of the molecule is O=C(Nc1ccc2c(cnn2Cc2cccc(F)c2)c1)C(=O)Nc1c[nH]c2cc(F)c(F)cc12. The zero-order valence-corrected chi connectivity index (χ0v) is 17.4. The maximum atomic E-state index is 13.6. The number of hydrogen-bond donors (Lipinski definition) is 3. The van der Waals surface area contributed by atoms with Crippen LogP contribution in [0.15, 0.2) is 67.0 Å². The third-order valence-electron chi connectivity index (χ3n) is 5.30. The molecule has 3 aromatic carbocycles. The summed E-state index contributed by atoms with van der Waals surface area (Å²) in [6, 6.07) is 13.1. The first-order valence-corrected chi connectivity index (χ1v) is 10.2. The molecule has 0 saturated heterocycles. The van der Waals surface area contributed by atoms with E-state index in [2.05, 4.69) is 20.7 Å². The summed E-state index contributed by atoms with van der Waals surface area (Å²) in [5.41, 5.74) is 2.29. The zero-order chi connectivity index (χ0) is 23.8. The summed E-state index contributed by atoms with van der Waals surface area (Å²) in [7, 11) is 0. The van der Waals surface area contributed by atoms with E-state index < -0.39 is 23.4 Å². The van der Waals surface area contributed by atoms with Crippen molar-refractivity contribution in [2.45, 2.75) is 6.54 Å². The highest BCUT2D eigenvalue weighted by molar-refractivity contribution is 6.44. The maximum Gasteiger partial charge on any atom is 0.314 e. The Labute approximate surface area is 190 Å². The fourth-order valence-electron chi connectivity index (χ4n) is 3.69. The molecule has 2 heterocycles. The number of benzene rings is 3. The van der Waals surface area contributed by atoms with Crippen LogP contribution in [-0.4, -0.2) is 26.6 Å². The van der Waals surface area contributed by atoms with E-state index in [-0.39, 0.29) is 22.4 Å². The maximum absolute atomic E-state index is 13.6. The van der Waals surface area contributed by atoms with Crippen LogP contribution < -0.4 is 10.6 Å². The number of fused-ring (bicyclic) bond motifs is 2. The smallest absolute Gasteiger partial charge is 0.314 e. The van der Waals surface area contributed by atoms with Gasteiger partial charge in [0.05, 0.1) is 29.5 Å². The Bertz CT molecular complexity index is 1570. The van der Waals surface area contributed by atoms with E-state index in [0.29, 0.717) is 17.6 Å². The van der Waals surface area contributed by atoms with Gasteiger partial charge in [-0.1, -0.05) is 12.1 Å². The molecule has 0 saturated carbocycles. The summed E-state index contributed by atoms with van der Waals surface area (Å²) in [5, 5.41) is 10.1. The van der Waals surface area contributed by atoms with Crippen LogP contribution in [0.1, 0.15) is 5.56 Å². The summed E-state index contributed by atoms with van der Waals surface area (Å²) < 4.78 is 42.1. The van der Waals surface area contributed by atoms with Crippen molar-refractivity contribution < 1.29 is 22.8 Å². The second-order valence-electron chi connectivity index (χ2n) is 7.63. The van der Waals surface area contributed by atoms with Gasteiger partial charge in [-0.05, 0) is 42.0 Å². The van der Waals surface area contributed by atoms with Crippen molar-refractivity contribution in [3.05, 3.63) is 90.0 Å². The monoisotopic (exact) mass is 463 g/mol. The third kappa shape index (κ3) is 4.08. The van der Waals surface area contributed by atoms with E-state index in [4.69, 9.17) is 0 Å². The van der Waals surface area contributed by atoms with Crippen molar-refractivity contribution in [1.82, 2.24) is 14.8 Å². The van der Waals surface area contributed by atoms with Crippen LogP contribution >= 0.6 is 0 Å². The minimum absolute atomic E-state index is 0.142. The number of rotatable bonds is 4. The molecular weight excluding hydrogens is 447 g/mol. The molecule has 2 amide bonds. The fraction of sp³-hybridized carbons (Fsp3) is 0.0417. The quantitative estimate of drug-likeness (QED) is 0.341. The summed E-state index contributed by atoms with van der Waals surface area (Å²) in [6.07, 6.45) is 2.94. The van der Waals surface area contributed by atoms with Crippen LogP contribution in [0, 0.1) is 17.5 Å². The van der Waals surface area contributed by atoms with Gasteiger partial charge in [0.2, 0.25) is 0 Å². The topological polar surface area (TPSA) is 91.8 Å². The summed E-state index contributed by atoms with van der Waals surface area (Å²) >= 11 is 0. The number of aromatic nitrogens is 3. The van der Waals surface area contributed by atoms with Gasteiger partial charge in [-0.15, -0.1) is 0 Å². The summed E-state index contributed by atoms with van der Waals surface area (Å²) in [5.74, 6) is -4.35. The molecule has 3 N–H and O–H groups in total. The molecule has 10 heteroatoms. The Balaban J connectivity index is 1.29. The Morgan fingerprint density at radius 3 is 2.56 bits per heavy atom. The van der Waals surface area contributed by atoms with Gasteiger partial charge in [-0.3, -0.25) is 14.3 Å². The highest BCUT2D eigenvalue weighted by Crippen LogP contribution is 2.26. The average molecular weight is 463 g/mol. The van der Waals surface area contributed by atoms with Crippen molar-refractivity contribution in [2.75, 3.05) is 10.6 Å². The van der Waals surface area contributed by atoms with Crippen LogP contribution in [-0.2, 0) is 16.1 Å². The molecule has 5 aromatic rings. The summed E-state index contributed by atoms with van der Waals surface area (Å²) in [6.45, 7) is 0.366. The van der Waals surface area contributed by atoms with Crippen molar-refractivity contribution in [3.8, 4) is 0 Å². The number of carbonyl (C=O) groups excluding carboxylic acids is 2. The van der Waals surface area contributed by atoms with Crippen LogP contribution in [0.2, 0.25) is 0 Å². The van der Waals surface area contributed by atoms with Gasteiger partial charge in [0, 0.05) is 28.7 Å². The second-order valence-corrected chi connectivity index (χ2v) is 7.63. The lowest BCUT2D eigenvalue weighted by Gasteiger charge is -2.07. The molecule has 170 valence electrons. The largest absolute Gasteiger partial charge is 0.359 e. The van der Waals surface area contributed by atoms with Gasteiger partial charge in [-0.2, -0.15) is 5.10 Å². The van der Waals surface area contributed by atoms with Crippen LogP contribution in [0.25, 0.3) is 21.8 Å². The number of anilines is 2. The lowest BCUT2D eigenvalue weighted by molar-refractivity contribution is -0.132. The number of nitrogens with zero attached hydrogens (tertiary/aromatic N) is 2. The van der Waals surface area contributed by atoms with E-state index >= 15 is 0 Å². The molecule has 7 nitrogen and oxygen atoms in total. The number of hydrogen-bond acceptors (Lipinski definition) is 3. The van der Waals surface area contributed by atoms with Gasteiger partial charge < -0.3 is 15.6 Å². The predicted molar refractivity (Wildman–Crippen MR) is 121 cm³/mol. The fourth-order valence-corrected chi connectivity index (χ4v) is 3.69. The molecule has 2 aromatic heterocycles. The minimum atomic E-state index is -1.07. The van der Waals surface area contributed by atoms with Gasteiger partial charge in [0.15, 0.2) is 11.6 Å². The highest BCUT2D eigenvalue weighted by atomic mass is 19.2. The van der Waals surface area contributed by atoms with Crippen molar-refractivity contribution in [3.63, 3.8) is 0 Å².